The summed E-state index contributed by atoms with van der Waals surface area (Å²) in [5.41, 5.74) is 3.87. The summed E-state index contributed by atoms with van der Waals surface area (Å²) < 4.78 is 2.10. The van der Waals surface area contributed by atoms with Gasteiger partial charge in [0.2, 0.25) is 0 Å². The van der Waals surface area contributed by atoms with Gasteiger partial charge in [-0.1, -0.05) is 0 Å². The van der Waals surface area contributed by atoms with Crippen molar-refractivity contribution in [1.29, 1.82) is 0 Å². The summed E-state index contributed by atoms with van der Waals surface area (Å²) in [7, 11) is 4.20. The van der Waals surface area contributed by atoms with Crippen LogP contribution in [0.5, 0.6) is 0 Å². The summed E-state index contributed by atoms with van der Waals surface area (Å²) in [6.45, 7) is 11.8. The van der Waals surface area contributed by atoms with Crippen LogP contribution >= 0.6 is 0 Å². The first-order valence-electron chi connectivity index (χ1n) is 6.91. The molecule has 1 N–H and O–H groups in total. The van der Waals surface area contributed by atoms with Crippen LogP contribution in [0, 0.1) is 13.8 Å². The molecule has 1 unspecified atom stereocenters. The molecule has 1 aromatic rings. The van der Waals surface area contributed by atoms with Gasteiger partial charge in [0.25, 0.3) is 0 Å². The number of hydrogen-bond acceptors (Lipinski definition) is 3. The molecule has 0 radical (unpaired) electrons. The average molecular weight is 252 g/mol. The van der Waals surface area contributed by atoms with E-state index in [0.717, 1.165) is 19.6 Å². The number of nitrogens with zero attached hydrogens (tertiary/aromatic N) is 3. The van der Waals surface area contributed by atoms with Gasteiger partial charge < -0.3 is 5.32 Å². The Kier molecular flexibility index (Phi) is 5.82. The van der Waals surface area contributed by atoms with Crippen LogP contribution in [0.2, 0.25) is 0 Å². The lowest BCUT2D eigenvalue weighted by atomic mass is 10.1. The molecule has 0 amide bonds. The van der Waals surface area contributed by atoms with Gasteiger partial charge in [-0.15, -0.1) is 0 Å². The first kappa shape index (κ1) is 15.2. The van der Waals surface area contributed by atoms with Crippen LogP contribution in [-0.4, -0.2) is 41.9 Å². The topological polar surface area (TPSA) is 33.1 Å². The van der Waals surface area contributed by atoms with E-state index < -0.39 is 0 Å². The van der Waals surface area contributed by atoms with Gasteiger partial charge in [-0.3, -0.25) is 9.58 Å². The van der Waals surface area contributed by atoms with Gasteiger partial charge in [0.1, 0.15) is 0 Å². The molecule has 18 heavy (non-hydrogen) atoms. The van der Waals surface area contributed by atoms with Gasteiger partial charge >= 0.3 is 0 Å². The van der Waals surface area contributed by atoms with E-state index in [4.69, 9.17) is 0 Å². The molecule has 1 atom stereocenters. The Hall–Kier alpha value is -0.870. The van der Waals surface area contributed by atoms with Crippen LogP contribution in [-0.2, 0) is 6.54 Å². The molecule has 104 valence electrons. The predicted molar refractivity (Wildman–Crippen MR) is 77.0 cm³/mol. The maximum atomic E-state index is 4.61. The van der Waals surface area contributed by atoms with Crippen molar-refractivity contribution in [3.8, 4) is 0 Å². The average Bonchev–Trinajstić information content (AvgIpc) is 2.63. The molecule has 0 aromatic carbocycles. The minimum Gasteiger partial charge on any atom is -0.320 e. The SMILES string of the molecule is CCn1nc(C)c(C(C)N(C)CCCNC)c1C. The van der Waals surface area contributed by atoms with E-state index in [1.807, 2.05) is 7.05 Å². The second-order valence-electron chi connectivity index (χ2n) is 5.01. The minimum atomic E-state index is 0.433. The molecule has 0 aliphatic rings. The van der Waals surface area contributed by atoms with Gasteiger partial charge in [-0.05, 0) is 61.3 Å². The third kappa shape index (κ3) is 3.33. The Morgan fingerprint density at radius 2 is 2.06 bits per heavy atom. The molecular formula is C14H28N4. The summed E-state index contributed by atoms with van der Waals surface area (Å²) in [6, 6.07) is 0.433. The van der Waals surface area contributed by atoms with E-state index in [9.17, 15) is 0 Å². The lowest BCUT2D eigenvalue weighted by Crippen LogP contribution is -2.26. The zero-order valence-corrected chi connectivity index (χ0v) is 12.7. The standard InChI is InChI=1S/C14H28N4/c1-7-18-13(4)14(11(2)16-18)12(3)17(6)10-8-9-15-5/h12,15H,7-10H2,1-6H3. The fourth-order valence-electron chi connectivity index (χ4n) is 2.54. The van der Waals surface area contributed by atoms with E-state index in [1.165, 1.54) is 23.4 Å². The van der Waals surface area contributed by atoms with E-state index in [2.05, 4.69) is 54.7 Å². The van der Waals surface area contributed by atoms with Crippen molar-refractivity contribution < 1.29 is 0 Å². The van der Waals surface area contributed by atoms with Crippen LogP contribution < -0.4 is 5.32 Å². The van der Waals surface area contributed by atoms with Crippen LogP contribution in [0.15, 0.2) is 0 Å². The Morgan fingerprint density at radius 1 is 1.39 bits per heavy atom. The quantitative estimate of drug-likeness (QED) is 0.755. The molecule has 1 rings (SSSR count). The molecule has 0 aliphatic heterocycles. The predicted octanol–water partition coefficient (Wildman–Crippen LogP) is 2.12. The smallest absolute Gasteiger partial charge is 0.0644 e. The highest BCUT2D eigenvalue weighted by atomic mass is 15.3. The highest BCUT2D eigenvalue weighted by Crippen LogP contribution is 2.25. The van der Waals surface area contributed by atoms with E-state index in [-0.39, 0.29) is 0 Å². The second kappa shape index (κ2) is 6.90. The number of hydrogen-bond donors (Lipinski definition) is 1. The Morgan fingerprint density at radius 3 is 2.56 bits per heavy atom. The molecule has 0 saturated carbocycles. The van der Waals surface area contributed by atoms with Crippen molar-refractivity contribution >= 4 is 0 Å². The van der Waals surface area contributed by atoms with Gasteiger partial charge in [0.15, 0.2) is 0 Å². The lowest BCUT2D eigenvalue weighted by Gasteiger charge is -2.25. The van der Waals surface area contributed by atoms with Gasteiger partial charge in [0, 0.05) is 23.8 Å². The van der Waals surface area contributed by atoms with Gasteiger partial charge in [-0.2, -0.15) is 5.10 Å². The van der Waals surface area contributed by atoms with E-state index in [0.29, 0.717) is 6.04 Å². The van der Waals surface area contributed by atoms with Gasteiger partial charge in [0.05, 0.1) is 5.69 Å². The first-order valence-corrected chi connectivity index (χ1v) is 6.91. The molecule has 1 heterocycles. The number of aryl methyl sites for hydroxylation is 2. The summed E-state index contributed by atoms with van der Waals surface area (Å²) >= 11 is 0. The number of nitrogens with one attached hydrogen (secondary N) is 1. The summed E-state index contributed by atoms with van der Waals surface area (Å²) in [6.07, 6.45) is 1.18. The van der Waals surface area contributed by atoms with Crippen LogP contribution in [0.1, 0.15) is 43.3 Å². The second-order valence-corrected chi connectivity index (χ2v) is 5.01. The maximum absolute atomic E-state index is 4.61. The lowest BCUT2D eigenvalue weighted by molar-refractivity contribution is 0.256. The maximum Gasteiger partial charge on any atom is 0.0644 e. The zero-order valence-electron chi connectivity index (χ0n) is 12.7. The molecule has 0 fully saturated rings. The van der Waals surface area contributed by atoms with E-state index >= 15 is 0 Å². The van der Waals surface area contributed by atoms with Crippen molar-refractivity contribution in [3.63, 3.8) is 0 Å². The van der Waals surface area contributed by atoms with Crippen LogP contribution in [0.4, 0.5) is 0 Å². The molecule has 0 spiro atoms. The zero-order chi connectivity index (χ0) is 13.7. The minimum absolute atomic E-state index is 0.433. The summed E-state index contributed by atoms with van der Waals surface area (Å²) in [5, 5.41) is 7.80. The fourth-order valence-corrected chi connectivity index (χ4v) is 2.54. The highest BCUT2D eigenvalue weighted by Gasteiger charge is 2.19. The first-order chi connectivity index (χ1) is 8.52. The molecule has 0 bridgehead atoms. The molecule has 0 saturated heterocycles. The fraction of sp³-hybridized carbons (Fsp3) is 0.786. The van der Waals surface area contributed by atoms with Crippen molar-refractivity contribution in [3.05, 3.63) is 17.0 Å². The third-order valence-electron chi connectivity index (χ3n) is 3.75. The molecule has 1 aromatic heterocycles. The third-order valence-corrected chi connectivity index (χ3v) is 3.75. The summed E-state index contributed by atoms with van der Waals surface area (Å²) in [4.78, 5) is 2.41. The van der Waals surface area contributed by atoms with Gasteiger partial charge in [-0.25, -0.2) is 0 Å². The van der Waals surface area contributed by atoms with Crippen molar-refractivity contribution in [2.24, 2.45) is 0 Å². The molecule has 4 heteroatoms. The van der Waals surface area contributed by atoms with Crippen LogP contribution in [0.3, 0.4) is 0 Å². The number of aromatic nitrogens is 2. The normalized spacial score (nSPS) is 13.3. The monoisotopic (exact) mass is 252 g/mol. The van der Waals surface area contributed by atoms with E-state index in [1.54, 1.807) is 0 Å². The van der Waals surface area contributed by atoms with Crippen molar-refractivity contribution in [2.45, 2.75) is 46.7 Å². The molecular weight excluding hydrogens is 224 g/mol. The Bertz CT molecular complexity index is 370. The number of rotatable bonds is 7. The summed E-state index contributed by atoms with van der Waals surface area (Å²) in [5.74, 6) is 0. The Balaban J connectivity index is 2.76. The molecule has 0 aliphatic carbocycles. The Labute approximate surface area is 111 Å². The van der Waals surface area contributed by atoms with Crippen molar-refractivity contribution in [2.75, 3.05) is 27.2 Å². The largest absolute Gasteiger partial charge is 0.320 e. The molecule has 4 nitrogen and oxygen atoms in total. The van der Waals surface area contributed by atoms with Crippen LogP contribution in [0.25, 0.3) is 0 Å². The van der Waals surface area contributed by atoms with Crippen molar-refractivity contribution in [1.82, 2.24) is 20.0 Å². The highest BCUT2D eigenvalue weighted by molar-refractivity contribution is 5.27.